The number of rotatable bonds is 2. The monoisotopic (exact) mass is 178 g/mol. The highest BCUT2D eigenvalue weighted by Crippen LogP contribution is 2.27. The molecule has 0 amide bonds. The minimum Gasteiger partial charge on any atom is -0.325 e. The van der Waals surface area contributed by atoms with Crippen LogP contribution in [0.3, 0.4) is 0 Å². The van der Waals surface area contributed by atoms with Gasteiger partial charge in [-0.2, -0.15) is 8.78 Å². The fraction of sp³-hybridized carbons (Fsp3) is 0.500. The molecule has 1 aromatic heterocycles. The van der Waals surface area contributed by atoms with Crippen LogP contribution in [0, 0.1) is 6.92 Å². The predicted molar refractivity (Wildman–Crippen MR) is 39.8 cm³/mol. The van der Waals surface area contributed by atoms with Crippen molar-refractivity contribution in [3.63, 3.8) is 0 Å². The number of thiazole rings is 1. The van der Waals surface area contributed by atoms with Crippen LogP contribution in [0.25, 0.3) is 0 Å². The maximum Gasteiger partial charge on any atom is 0.302 e. The maximum atomic E-state index is 12.7. The van der Waals surface area contributed by atoms with Crippen molar-refractivity contribution in [3.05, 3.63) is 16.1 Å². The summed E-state index contributed by atoms with van der Waals surface area (Å²) in [6, 6.07) is 0. The first-order chi connectivity index (χ1) is 5.06. The van der Waals surface area contributed by atoms with Gasteiger partial charge in [0, 0.05) is 5.38 Å². The Morgan fingerprint density at radius 1 is 1.73 bits per heavy atom. The van der Waals surface area contributed by atoms with Crippen LogP contribution in [-0.4, -0.2) is 11.5 Å². The van der Waals surface area contributed by atoms with Crippen LogP contribution in [0.4, 0.5) is 8.78 Å². The van der Waals surface area contributed by atoms with Crippen LogP contribution >= 0.6 is 11.3 Å². The van der Waals surface area contributed by atoms with Gasteiger partial charge in [-0.1, -0.05) is 0 Å². The van der Waals surface area contributed by atoms with Crippen LogP contribution in [0.2, 0.25) is 0 Å². The van der Waals surface area contributed by atoms with Gasteiger partial charge in [-0.25, -0.2) is 4.98 Å². The standard InChI is InChI=1S/C6H8F2N2S/c1-4-10-5(2-11-4)6(7,8)3-9/h2H,3,9H2,1H3. The molecule has 0 bridgehead atoms. The van der Waals surface area contributed by atoms with Gasteiger partial charge in [0.15, 0.2) is 0 Å². The summed E-state index contributed by atoms with van der Waals surface area (Å²) in [6.45, 7) is 0.997. The Balaban J connectivity index is 2.92. The molecule has 1 heterocycles. The van der Waals surface area contributed by atoms with Crippen molar-refractivity contribution in [2.24, 2.45) is 5.73 Å². The van der Waals surface area contributed by atoms with E-state index >= 15 is 0 Å². The molecule has 2 N–H and O–H groups in total. The zero-order chi connectivity index (χ0) is 8.48. The van der Waals surface area contributed by atoms with Crippen molar-refractivity contribution in [1.82, 2.24) is 4.98 Å². The molecule has 0 aliphatic heterocycles. The lowest BCUT2D eigenvalue weighted by Gasteiger charge is -2.09. The third kappa shape index (κ3) is 1.72. The lowest BCUT2D eigenvalue weighted by atomic mass is 10.3. The quantitative estimate of drug-likeness (QED) is 0.745. The minimum atomic E-state index is -2.97. The fourth-order valence-electron chi connectivity index (χ4n) is 0.636. The van der Waals surface area contributed by atoms with E-state index in [1.165, 1.54) is 16.7 Å². The van der Waals surface area contributed by atoms with Crippen molar-refractivity contribution in [3.8, 4) is 0 Å². The number of nitrogens with zero attached hydrogens (tertiary/aromatic N) is 1. The second-order valence-electron chi connectivity index (χ2n) is 2.16. The summed E-state index contributed by atoms with van der Waals surface area (Å²) >= 11 is 1.20. The molecule has 0 aliphatic rings. The van der Waals surface area contributed by atoms with Crippen molar-refractivity contribution in [2.75, 3.05) is 6.54 Å². The van der Waals surface area contributed by atoms with Gasteiger partial charge in [-0.3, -0.25) is 0 Å². The van der Waals surface area contributed by atoms with E-state index in [0.29, 0.717) is 5.01 Å². The van der Waals surface area contributed by atoms with Crippen LogP contribution < -0.4 is 5.73 Å². The molecule has 1 aromatic rings. The number of halogens is 2. The largest absolute Gasteiger partial charge is 0.325 e. The normalized spacial score (nSPS) is 12.0. The number of aromatic nitrogens is 1. The molecule has 62 valence electrons. The molecule has 1 rings (SSSR count). The molecular weight excluding hydrogens is 170 g/mol. The van der Waals surface area contributed by atoms with Gasteiger partial charge in [0.2, 0.25) is 0 Å². The van der Waals surface area contributed by atoms with Crippen LogP contribution in [-0.2, 0) is 5.92 Å². The van der Waals surface area contributed by atoms with E-state index in [0.717, 1.165) is 0 Å². The van der Waals surface area contributed by atoms with Gasteiger partial charge in [0.1, 0.15) is 5.69 Å². The summed E-state index contributed by atoms with van der Waals surface area (Å²) in [7, 11) is 0. The van der Waals surface area contributed by atoms with Crippen LogP contribution in [0.1, 0.15) is 10.7 Å². The van der Waals surface area contributed by atoms with E-state index in [1.807, 2.05) is 0 Å². The van der Waals surface area contributed by atoms with Crippen molar-refractivity contribution < 1.29 is 8.78 Å². The zero-order valence-electron chi connectivity index (χ0n) is 5.97. The van der Waals surface area contributed by atoms with E-state index in [4.69, 9.17) is 5.73 Å². The average Bonchev–Trinajstić information content (AvgIpc) is 2.36. The predicted octanol–water partition coefficient (Wildman–Crippen LogP) is 1.50. The number of hydrogen-bond acceptors (Lipinski definition) is 3. The fourth-order valence-corrected chi connectivity index (χ4v) is 1.29. The number of nitrogens with two attached hydrogens (primary N) is 1. The highest BCUT2D eigenvalue weighted by Gasteiger charge is 2.31. The number of aryl methyl sites for hydroxylation is 1. The van der Waals surface area contributed by atoms with Crippen LogP contribution in [0.15, 0.2) is 5.38 Å². The first-order valence-electron chi connectivity index (χ1n) is 3.07. The molecule has 5 heteroatoms. The Morgan fingerprint density at radius 3 is 2.73 bits per heavy atom. The Bertz CT molecular complexity index is 246. The molecule has 0 aromatic carbocycles. The minimum absolute atomic E-state index is 0.220. The number of alkyl halides is 2. The van der Waals surface area contributed by atoms with Gasteiger partial charge in [0.05, 0.1) is 11.6 Å². The van der Waals surface area contributed by atoms with E-state index in [9.17, 15) is 8.78 Å². The third-order valence-corrected chi connectivity index (χ3v) is 2.02. The van der Waals surface area contributed by atoms with Crippen molar-refractivity contribution >= 4 is 11.3 Å². The van der Waals surface area contributed by atoms with Crippen LogP contribution in [0.5, 0.6) is 0 Å². The molecule has 0 spiro atoms. The SMILES string of the molecule is Cc1nc(C(F)(F)CN)cs1. The molecule has 11 heavy (non-hydrogen) atoms. The van der Waals surface area contributed by atoms with Crippen molar-refractivity contribution in [1.29, 1.82) is 0 Å². The van der Waals surface area contributed by atoms with Gasteiger partial charge < -0.3 is 5.73 Å². The summed E-state index contributed by atoms with van der Waals surface area (Å²) in [5.74, 6) is -2.97. The van der Waals surface area contributed by atoms with E-state index in [1.54, 1.807) is 6.92 Å². The highest BCUT2D eigenvalue weighted by molar-refractivity contribution is 7.09. The molecule has 0 radical (unpaired) electrons. The third-order valence-electron chi connectivity index (χ3n) is 1.25. The molecular formula is C6H8F2N2S. The van der Waals surface area contributed by atoms with Gasteiger partial charge in [-0.15, -0.1) is 11.3 Å². The van der Waals surface area contributed by atoms with Gasteiger partial charge in [0.25, 0.3) is 0 Å². The van der Waals surface area contributed by atoms with Crippen molar-refractivity contribution in [2.45, 2.75) is 12.8 Å². The van der Waals surface area contributed by atoms with E-state index in [2.05, 4.69) is 4.98 Å². The molecule has 0 saturated carbocycles. The summed E-state index contributed by atoms with van der Waals surface area (Å²) in [5.41, 5.74) is 4.64. The van der Waals surface area contributed by atoms with E-state index in [-0.39, 0.29) is 5.69 Å². The lowest BCUT2D eigenvalue weighted by Crippen LogP contribution is -2.25. The first-order valence-corrected chi connectivity index (χ1v) is 3.95. The second kappa shape index (κ2) is 2.83. The smallest absolute Gasteiger partial charge is 0.302 e. The average molecular weight is 178 g/mol. The first kappa shape index (κ1) is 8.55. The Hall–Kier alpha value is -0.550. The summed E-state index contributed by atoms with van der Waals surface area (Å²) in [6.07, 6.45) is 0. The lowest BCUT2D eigenvalue weighted by molar-refractivity contribution is 0.00190. The second-order valence-corrected chi connectivity index (χ2v) is 3.22. The number of hydrogen-bond donors (Lipinski definition) is 1. The Kier molecular flexibility index (Phi) is 2.20. The maximum absolute atomic E-state index is 12.7. The summed E-state index contributed by atoms with van der Waals surface area (Å²) in [5, 5.41) is 1.97. The Morgan fingerprint density at radius 2 is 2.36 bits per heavy atom. The van der Waals surface area contributed by atoms with Gasteiger partial charge >= 0.3 is 5.92 Å². The summed E-state index contributed by atoms with van der Waals surface area (Å²) < 4.78 is 25.4. The molecule has 0 fully saturated rings. The van der Waals surface area contributed by atoms with Gasteiger partial charge in [-0.05, 0) is 6.92 Å². The zero-order valence-corrected chi connectivity index (χ0v) is 6.79. The highest BCUT2D eigenvalue weighted by atomic mass is 32.1. The molecule has 0 unspecified atom stereocenters. The summed E-state index contributed by atoms with van der Waals surface area (Å²) in [4.78, 5) is 3.64. The van der Waals surface area contributed by atoms with E-state index < -0.39 is 12.5 Å². The molecule has 0 atom stereocenters. The molecule has 2 nitrogen and oxygen atoms in total. The Labute approximate surface area is 67.1 Å². The molecule has 0 saturated heterocycles. The molecule has 0 aliphatic carbocycles. The topological polar surface area (TPSA) is 38.9 Å².